The lowest BCUT2D eigenvalue weighted by atomic mass is 10.00. The van der Waals surface area contributed by atoms with E-state index in [4.69, 9.17) is 0 Å². The highest BCUT2D eigenvalue weighted by Gasteiger charge is 2.33. The Kier molecular flexibility index (Phi) is 6.81. The molecule has 2 amide bonds. The molecule has 0 fully saturated rings. The van der Waals surface area contributed by atoms with Crippen LogP contribution in [0.1, 0.15) is 25.1 Å². The predicted molar refractivity (Wildman–Crippen MR) is 112 cm³/mol. The van der Waals surface area contributed by atoms with Crippen molar-refractivity contribution >= 4 is 27.6 Å². The van der Waals surface area contributed by atoms with Gasteiger partial charge in [0, 0.05) is 12.6 Å². The number of fused-ring (bicyclic) bond motifs is 2. The summed E-state index contributed by atoms with van der Waals surface area (Å²) in [6, 6.07) is 8.86. The first-order valence-corrected chi connectivity index (χ1v) is 11.3. The van der Waals surface area contributed by atoms with E-state index in [1.807, 2.05) is 0 Å². The quantitative estimate of drug-likeness (QED) is 0.549. The van der Waals surface area contributed by atoms with Gasteiger partial charge in [-0.15, -0.1) is 0 Å². The largest absolute Gasteiger partial charge is 0.344 e. The molecular formula is C21H24N4O5S. The number of carbonyl (C=O) groups excluding carboxylic acids is 3. The summed E-state index contributed by atoms with van der Waals surface area (Å²) < 4.78 is 27.8. The molecule has 1 aromatic carbocycles. The fourth-order valence-electron chi connectivity index (χ4n) is 3.20. The zero-order valence-electron chi connectivity index (χ0n) is 17.2. The van der Waals surface area contributed by atoms with E-state index >= 15 is 0 Å². The normalized spacial score (nSPS) is 17.8. The first-order valence-electron chi connectivity index (χ1n) is 9.81. The van der Waals surface area contributed by atoms with E-state index in [0.717, 1.165) is 5.56 Å². The number of aromatic nitrogens is 1. The third kappa shape index (κ3) is 5.53. The number of pyridine rings is 1. The number of benzene rings is 1. The number of rotatable bonds is 6. The Bertz CT molecular complexity index is 1090. The van der Waals surface area contributed by atoms with Crippen molar-refractivity contribution in [3.05, 3.63) is 59.9 Å². The van der Waals surface area contributed by atoms with E-state index < -0.39 is 45.6 Å². The Balaban J connectivity index is 1.82. The molecule has 0 radical (unpaired) electrons. The van der Waals surface area contributed by atoms with Crippen LogP contribution in [0.15, 0.2) is 53.6 Å². The van der Waals surface area contributed by atoms with Crippen molar-refractivity contribution in [3.63, 3.8) is 0 Å². The van der Waals surface area contributed by atoms with Crippen LogP contribution in [0.5, 0.6) is 0 Å². The molecule has 164 valence electrons. The Morgan fingerprint density at radius 1 is 1.16 bits per heavy atom. The molecule has 2 atom stereocenters. The van der Waals surface area contributed by atoms with Crippen LogP contribution < -0.4 is 15.4 Å². The highest BCUT2D eigenvalue weighted by molar-refractivity contribution is 7.89. The molecule has 3 N–H and O–H groups in total. The molecule has 0 saturated heterocycles. The van der Waals surface area contributed by atoms with Crippen molar-refractivity contribution in [2.24, 2.45) is 5.92 Å². The van der Waals surface area contributed by atoms with Crippen LogP contribution in [-0.2, 0) is 37.4 Å². The third-order valence-corrected chi connectivity index (χ3v) is 6.35. The average molecular weight is 445 g/mol. The SMILES string of the molecule is CC(C)C(NS(=O)(=O)c1ccccc1)C(=O)NC1Cc2ccnc(c2)CNC(=O)C1=O. The molecule has 2 heterocycles. The van der Waals surface area contributed by atoms with E-state index in [1.54, 1.807) is 50.4 Å². The van der Waals surface area contributed by atoms with E-state index in [1.165, 1.54) is 12.1 Å². The molecule has 2 aromatic rings. The number of ketones is 1. The number of amides is 2. The number of nitrogens with zero attached hydrogens (tertiary/aromatic N) is 1. The second-order valence-corrected chi connectivity index (χ2v) is 9.34. The molecule has 0 aliphatic carbocycles. The van der Waals surface area contributed by atoms with Gasteiger partial charge in [0.05, 0.1) is 17.1 Å². The van der Waals surface area contributed by atoms with Crippen LogP contribution in [0, 0.1) is 5.92 Å². The van der Waals surface area contributed by atoms with Gasteiger partial charge in [-0.1, -0.05) is 32.0 Å². The van der Waals surface area contributed by atoms with Crippen molar-refractivity contribution in [2.75, 3.05) is 0 Å². The van der Waals surface area contributed by atoms with Gasteiger partial charge in [-0.05, 0) is 35.7 Å². The van der Waals surface area contributed by atoms with Gasteiger partial charge < -0.3 is 10.6 Å². The Labute approximate surface area is 180 Å². The maximum absolute atomic E-state index is 13.0. The van der Waals surface area contributed by atoms with Crippen molar-refractivity contribution in [1.29, 1.82) is 0 Å². The second-order valence-electron chi connectivity index (χ2n) is 7.62. The summed E-state index contributed by atoms with van der Waals surface area (Å²) in [6.07, 6.45) is 1.65. The highest BCUT2D eigenvalue weighted by atomic mass is 32.2. The number of hydrogen-bond acceptors (Lipinski definition) is 6. The lowest BCUT2D eigenvalue weighted by Gasteiger charge is -2.24. The van der Waals surface area contributed by atoms with E-state index in [2.05, 4.69) is 20.3 Å². The standard InChI is InChI=1S/C21H24N4O5S/c1-13(2)18(25-31(29,30)16-6-4-3-5-7-16)20(27)24-17-11-14-8-9-22-15(10-14)12-23-21(28)19(17)26/h3-10,13,17-18,25H,11-12H2,1-2H3,(H,23,28)(H,24,27). The van der Waals surface area contributed by atoms with Gasteiger partial charge in [-0.25, -0.2) is 8.42 Å². The van der Waals surface area contributed by atoms with E-state index in [9.17, 15) is 22.8 Å². The minimum absolute atomic E-state index is 0.0238. The summed E-state index contributed by atoms with van der Waals surface area (Å²) in [5, 5.41) is 5.05. The molecule has 2 bridgehead atoms. The Morgan fingerprint density at radius 2 is 1.87 bits per heavy atom. The molecule has 0 spiro atoms. The third-order valence-electron chi connectivity index (χ3n) is 4.89. The number of Topliss-reactive ketones (excluding diaryl/α,β-unsaturated/α-hetero) is 1. The van der Waals surface area contributed by atoms with Gasteiger partial charge in [-0.2, -0.15) is 4.72 Å². The monoisotopic (exact) mass is 444 g/mol. The van der Waals surface area contributed by atoms with Crippen molar-refractivity contribution in [1.82, 2.24) is 20.3 Å². The van der Waals surface area contributed by atoms with Gasteiger partial charge in [-0.3, -0.25) is 19.4 Å². The molecule has 1 aromatic heterocycles. The van der Waals surface area contributed by atoms with Crippen LogP contribution >= 0.6 is 0 Å². The second kappa shape index (κ2) is 9.36. The maximum atomic E-state index is 13.0. The van der Waals surface area contributed by atoms with Crippen LogP contribution in [0.3, 0.4) is 0 Å². The van der Waals surface area contributed by atoms with Gasteiger partial charge >= 0.3 is 0 Å². The maximum Gasteiger partial charge on any atom is 0.289 e. The van der Waals surface area contributed by atoms with Crippen LogP contribution in [0.2, 0.25) is 0 Å². The summed E-state index contributed by atoms with van der Waals surface area (Å²) in [5.41, 5.74) is 1.33. The number of nitrogens with one attached hydrogen (secondary N) is 3. The molecule has 31 heavy (non-hydrogen) atoms. The summed E-state index contributed by atoms with van der Waals surface area (Å²) in [7, 11) is -3.96. The summed E-state index contributed by atoms with van der Waals surface area (Å²) in [4.78, 5) is 42.0. The molecule has 10 heteroatoms. The highest BCUT2D eigenvalue weighted by Crippen LogP contribution is 2.13. The van der Waals surface area contributed by atoms with Crippen molar-refractivity contribution in [2.45, 2.75) is 43.8 Å². The predicted octanol–water partition coefficient (Wildman–Crippen LogP) is 0.311. The molecular weight excluding hydrogens is 420 g/mol. The molecule has 1 aliphatic rings. The smallest absolute Gasteiger partial charge is 0.289 e. The van der Waals surface area contributed by atoms with E-state index in [0.29, 0.717) is 5.69 Å². The van der Waals surface area contributed by atoms with Crippen molar-refractivity contribution in [3.8, 4) is 0 Å². The molecule has 9 nitrogen and oxygen atoms in total. The van der Waals surface area contributed by atoms with Gasteiger partial charge in [0.15, 0.2) is 0 Å². The lowest BCUT2D eigenvalue weighted by molar-refractivity contribution is -0.140. The van der Waals surface area contributed by atoms with Crippen LogP contribution in [-0.4, -0.2) is 43.1 Å². The van der Waals surface area contributed by atoms with Crippen LogP contribution in [0.25, 0.3) is 0 Å². The van der Waals surface area contributed by atoms with Gasteiger partial charge in [0.1, 0.15) is 12.1 Å². The molecule has 3 rings (SSSR count). The number of sulfonamides is 1. The van der Waals surface area contributed by atoms with Gasteiger partial charge in [0.25, 0.3) is 5.91 Å². The Hall–Kier alpha value is -3.11. The molecule has 1 aliphatic heterocycles. The van der Waals surface area contributed by atoms with Gasteiger partial charge in [0.2, 0.25) is 21.7 Å². The van der Waals surface area contributed by atoms with E-state index in [-0.39, 0.29) is 17.9 Å². The average Bonchev–Trinajstić information content (AvgIpc) is 2.78. The first kappa shape index (κ1) is 22.6. The van der Waals surface area contributed by atoms with Crippen molar-refractivity contribution < 1.29 is 22.8 Å². The first-order chi connectivity index (χ1) is 14.7. The lowest BCUT2D eigenvalue weighted by Crippen LogP contribution is -2.55. The topological polar surface area (TPSA) is 134 Å². The zero-order valence-corrected chi connectivity index (χ0v) is 18.0. The Morgan fingerprint density at radius 3 is 2.55 bits per heavy atom. The zero-order chi connectivity index (χ0) is 22.6. The van der Waals surface area contributed by atoms with Crippen LogP contribution in [0.4, 0.5) is 0 Å². The number of hydrogen-bond donors (Lipinski definition) is 3. The summed E-state index contributed by atoms with van der Waals surface area (Å²) in [5.74, 6) is -2.73. The minimum Gasteiger partial charge on any atom is -0.344 e. The number of carbonyl (C=O) groups is 3. The fraction of sp³-hybridized carbons (Fsp3) is 0.333. The minimum atomic E-state index is -3.96. The molecule has 2 unspecified atom stereocenters. The summed E-state index contributed by atoms with van der Waals surface area (Å²) >= 11 is 0. The molecule has 0 saturated carbocycles. The fourth-order valence-corrected chi connectivity index (χ4v) is 4.57. The summed E-state index contributed by atoms with van der Waals surface area (Å²) in [6.45, 7) is 3.47.